The van der Waals surface area contributed by atoms with Crippen molar-refractivity contribution in [2.24, 2.45) is 0 Å². The third kappa shape index (κ3) is 4.11. The molecule has 0 radical (unpaired) electrons. The molecule has 0 fully saturated rings. The Balaban J connectivity index is 2.56. The molecule has 0 bridgehead atoms. The average molecular weight is 382 g/mol. The number of hydrogen-bond acceptors (Lipinski definition) is 4. The lowest BCUT2D eigenvalue weighted by Gasteiger charge is -2.20. The summed E-state index contributed by atoms with van der Waals surface area (Å²) in [7, 11) is 3.43. The van der Waals surface area contributed by atoms with Crippen LogP contribution < -0.4 is 5.32 Å². The summed E-state index contributed by atoms with van der Waals surface area (Å²) in [5.41, 5.74) is -0.0317. The van der Waals surface area contributed by atoms with Gasteiger partial charge in [-0.05, 0) is 39.1 Å². The quantitative estimate of drug-likeness (QED) is 0.764. The molecule has 0 aliphatic heterocycles. The fourth-order valence-corrected chi connectivity index (χ4v) is 2.62. The molecule has 134 valence electrons. The van der Waals surface area contributed by atoms with Gasteiger partial charge in [0.15, 0.2) is 5.11 Å². The Bertz CT molecular complexity index is 853. The maximum absolute atomic E-state index is 12.6. The van der Waals surface area contributed by atoms with Gasteiger partial charge in [0.05, 0.1) is 11.1 Å². The largest absolute Gasteiger partial charge is 0.443 e. The molecule has 1 N–H and O–H groups in total. The number of hydrogen-bond donors (Lipinski definition) is 1. The molecule has 1 aromatic heterocycles. The van der Waals surface area contributed by atoms with Crippen LogP contribution >= 0.6 is 23.8 Å². The first-order valence-electron chi connectivity index (χ1n) is 7.58. The maximum Gasteiger partial charge on any atom is 0.420 e. The average Bonchev–Trinajstić information content (AvgIpc) is 2.77. The number of benzene rings is 1. The summed E-state index contributed by atoms with van der Waals surface area (Å²) in [6.07, 6.45) is -0.650. The number of aromatic nitrogens is 1. The summed E-state index contributed by atoms with van der Waals surface area (Å²) >= 11 is 11.5. The summed E-state index contributed by atoms with van der Waals surface area (Å²) in [5.74, 6) is -0.484. The minimum atomic E-state index is -0.694. The Morgan fingerprint density at radius 1 is 1.24 bits per heavy atom. The van der Waals surface area contributed by atoms with E-state index in [4.69, 9.17) is 28.6 Å². The number of ether oxygens (including phenoxy) is 1. The van der Waals surface area contributed by atoms with Crippen LogP contribution in [0.3, 0.4) is 0 Å². The van der Waals surface area contributed by atoms with Crippen molar-refractivity contribution >= 4 is 51.8 Å². The van der Waals surface area contributed by atoms with Crippen molar-refractivity contribution in [3.8, 4) is 0 Å². The van der Waals surface area contributed by atoms with Crippen LogP contribution in [-0.4, -0.2) is 46.3 Å². The van der Waals surface area contributed by atoms with Crippen molar-refractivity contribution in [3.63, 3.8) is 0 Å². The number of thiocarbonyl (C=S) groups is 1. The molecule has 0 unspecified atom stereocenters. The van der Waals surface area contributed by atoms with Crippen LogP contribution in [0.4, 0.5) is 4.79 Å². The minimum absolute atomic E-state index is 0.0190. The van der Waals surface area contributed by atoms with Crippen molar-refractivity contribution in [2.75, 3.05) is 14.1 Å². The van der Waals surface area contributed by atoms with Gasteiger partial charge in [-0.1, -0.05) is 29.8 Å². The van der Waals surface area contributed by atoms with E-state index in [1.54, 1.807) is 64.0 Å². The van der Waals surface area contributed by atoms with Crippen molar-refractivity contribution in [2.45, 2.75) is 26.4 Å². The Hall–Kier alpha value is -2.12. The second kappa shape index (κ2) is 7.01. The minimum Gasteiger partial charge on any atom is -0.443 e. The molecule has 6 nitrogen and oxygen atoms in total. The summed E-state index contributed by atoms with van der Waals surface area (Å²) in [5, 5.41) is 3.36. The van der Waals surface area contributed by atoms with E-state index in [9.17, 15) is 9.59 Å². The number of para-hydroxylation sites is 1. The molecule has 1 amide bonds. The van der Waals surface area contributed by atoms with E-state index < -0.39 is 17.6 Å². The first-order chi connectivity index (χ1) is 11.5. The van der Waals surface area contributed by atoms with Gasteiger partial charge in [-0.25, -0.2) is 9.36 Å². The highest BCUT2D eigenvalue weighted by Gasteiger charge is 2.28. The fraction of sp³-hybridized carbons (Fsp3) is 0.353. The third-order valence-electron chi connectivity index (χ3n) is 3.25. The molecule has 25 heavy (non-hydrogen) atoms. The molecule has 0 saturated heterocycles. The molecule has 0 aliphatic carbocycles. The molecule has 2 aromatic rings. The summed E-state index contributed by atoms with van der Waals surface area (Å²) in [6, 6.07) is 6.94. The van der Waals surface area contributed by atoms with Gasteiger partial charge >= 0.3 is 6.09 Å². The highest BCUT2D eigenvalue weighted by Crippen LogP contribution is 2.31. The van der Waals surface area contributed by atoms with Crippen molar-refractivity contribution in [3.05, 3.63) is 35.0 Å². The van der Waals surface area contributed by atoms with Crippen LogP contribution in [0.2, 0.25) is 5.15 Å². The van der Waals surface area contributed by atoms with E-state index in [0.717, 1.165) is 0 Å². The number of rotatable bonds is 1. The highest BCUT2D eigenvalue weighted by atomic mass is 35.5. The van der Waals surface area contributed by atoms with Crippen LogP contribution in [0.25, 0.3) is 10.9 Å². The van der Waals surface area contributed by atoms with Crippen LogP contribution in [0.15, 0.2) is 24.3 Å². The van der Waals surface area contributed by atoms with Gasteiger partial charge in [0.25, 0.3) is 5.91 Å². The lowest BCUT2D eigenvalue weighted by Crippen LogP contribution is -2.38. The van der Waals surface area contributed by atoms with Gasteiger partial charge < -0.3 is 9.64 Å². The van der Waals surface area contributed by atoms with Gasteiger partial charge in [-0.15, -0.1) is 0 Å². The second-order valence-electron chi connectivity index (χ2n) is 6.65. The van der Waals surface area contributed by atoms with E-state index in [2.05, 4.69) is 5.32 Å². The molecule has 1 heterocycles. The maximum atomic E-state index is 12.6. The zero-order chi connectivity index (χ0) is 18.9. The first-order valence-corrected chi connectivity index (χ1v) is 8.36. The molecule has 0 aliphatic rings. The molecule has 1 aromatic carbocycles. The first kappa shape index (κ1) is 19.2. The Morgan fingerprint density at radius 3 is 2.40 bits per heavy atom. The standard InChI is InChI=1S/C17H20ClN3O3S/c1-17(2,3)24-16(23)21-11-9-7-6-8-10(11)12(13(21)18)14(22)19-15(25)20(4)5/h6-9H,1-5H3,(H,19,22,25). The van der Waals surface area contributed by atoms with Crippen LogP contribution in [0, 0.1) is 0 Å². The lowest BCUT2D eigenvalue weighted by molar-refractivity contribution is 0.0545. The number of carbonyl (C=O) groups excluding carboxylic acids is 2. The predicted molar refractivity (Wildman–Crippen MR) is 102 cm³/mol. The van der Waals surface area contributed by atoms with Crippen molar-refractivity contribution in [1.82, 2.24) is 14.8 Å². The molecular formula is C17H20ClN3O3S. The molecule has 2 rings (SSSR count). The zero-order valence-corrected chi connectivity index (χ0v) is 16.3. The van der Waals surface area contributed by atoms with Crippen molar-refractivity contribution in [1.29, 1.82) is 0 Å². The van der Waals surface area contributed by atoms with E-state index in [1.807, 2.05) is 0 Å². The van der Waals surface area contributed by atoms with Crippen molar-refractivity contribution < 1.29 is 14.3 Å². The number of amides is 1. The van der Waals surface area contributed by atoms with E-state index >= 15 is 0 Å². The van der Waals surface area contributed by atoms with Crippen LogP contribution in [0.5, 0.6) is 0 Å². The third-order valence-corrected chi connectivity index (χ3v) is 4.07. The molecular weight excluding hydrogens is 362 g/mol. The Kier molecular flexibility index (Phi) is 5.39. The van der Waals surface area contributed by atoms with E-state index in [0.29, 0.717) is 10.9 Å². The van der Waals surface area contributed by atoms with E-state index in [1.165, 1.54) is 4.57 Å². The number of fused-ring (bicyclic) bond motifs is 1. The zero-order valence-electron chi connectivity index (χ0n) is 14.7. The molecule has 0 atom stereocenters. The van der Waals surface area contributed by atoms with Crippen LogP contribution in [-0.2, 0) is 4.74 Å². The second-order valence-corrected chi connectivity index (χ2v) is 7.40. The summed E-state index contributed by atoms with van der Waals surface area (Å²) in [4.78, 5) is 26.8. The number of carbonyl (C=O) groups is 2. The smallest absolute Gasteiger partial charge is 0.420 e. The lowest BCUT2D eigenvalue weighted by atomic mass is 10.1. The number of halogens is 1. The normalized spacial score (nSPS) is 11.3. The molecule has 0 spiro atoms. The van der Waals surface area contributed by atoms with Gasteiger partial charge in [0, 0.05) is 19.5 Å². The van der Waals surface area contributed by atoms with Crippen LogP contribution in [0.1, 0.15) is 31.1 Å². The SMILES string of the molecule is CN(C)C(=S)NC(=O)c1c(Cl)n(C(=O)OC(C)(C)C)c2ccccc12. The number of nitrogens with zero attached hydrogens (tertiary/aromatic N) is 2. The Morgan fingerprint density at radius 2 is 1.84 bits per heavy atom. The number of nitrogens with one attached hydrogen (secondary N) is 1. The van der Waals surface area contributed by atoms with Gasteiger partial charge in [0.2, 0.25) is 0 Å². The monoisotopic (exact) mass is 381 g/mol. The predicted octanol–water partition coefficient (Wildman–Crippen LogP) is 3.65. The van der Waals surface area contributed by atoms with Gasteiger partial charge in [-0.2, -0.15) is 0 Å². The van der Waals surface area contributed by atoms with E-state index in [-0.39, 0.29) is 15.8 Å². The molecule has 0 saturated carbocycles. The highest BCUT2D eigenvalue weighted by molar-refractivity contribution is 7.80. The van der Waals surface area contributed by atoms with Gasteiger partial charge in [-0.3, -0.25) is 10.1 Å². The fourth-order valence-electron chi connectivity index (χ4n) is 2.18. The van der Waals surface area contributed by atoms with Gasteiger partial charge in [0.1, 0.15) is 10.8 Å². The molecule has 8 heteroatoms. The summed E-state index contributed by atoms with van der Waals surface area (Å²) in [6.45, 7) is 5.27. The summed E-state index contributed by atoms with van der Waals surface area (Å²) < 4.78 is 6.59. The Labute approximate surface area is 156 Å². The topological polar surface area (TPSA) is 63.6 Å².